The topological polar surface area (TPSA) is 55.7 Å². The third-order valence-electron chi connectivity index (χ3n) is 1.79. The molecule has 0 aliphatic heterocycles. The number of nitroso groups, excluding NO2 is 1. The summed E-state index contributed by atoms with van der Waals surface area (Å²) in [5.74, 6) is -0.474. The molecule has 0 atom stereocenters. The molecule has 0 aliphatic carbocycles. The van der Waals surface area contributed by atoms with E-state index in [1.165, 1.54) is 19.2 Å². The highest BCUT2D eigenvalue weighted by Crippen LogP contribution is 2.24. The molecule has 0 N–H and O–H groups in total. The van der Waals surface area contributed by atoms with E-state index in [0.717, 1.165) is 0 Å². The minimum Gasteiger partial charge on any atom is -0.465 e. The fraction of sp³-hybridized carbons (Fsp3) is 0.222. The van der Waals surface area contributed by atoms with Crippen LogP contribution in [0.3, 0.4) is 0 Å². The smallest absolute Gasteiger partial charge is 0.338 e. The Bertz CT molecular complexity index is 365. The summed E-state index contributed by atoms with van der Waals surface area (Å²) in [6.07, 6.45) is 0. The number of hydrogen-bond acceptors (Lipinski definition) is 4. The summed E-state index contributed by atoms with van der Waals surface area (Å²) in [4.78, 5) is 21.6. The second kappa shape index (κ2) is 4.72. The Hall–Kier alpha value is -1.42. The maximum Gasteiger partial charge on any atom is 0.338 e. The lowest BCUT2D eigenvalue weighted by Crippen LogP contribution is -2.04. The van der Waals surface area contributed by atoms with Gasteiger partial charge in [0.2, 0.25) is 0 Å². The van der Waals surface area contributed by atoms with Crippen molar-refractivity contribution in [1.82, 2.24) is 0 Å². The highest BCUT2D eigenvalue weighted by molar-refractivity contribution is 6.18. The fourth-order valence-electron chi connectivity index (χ4n) is 1.10. The van der Waals surface area contributed by atoms with E-state index in [4.69, 9.17) is 11.6 Å². The summed E-state index contributed by atoms with van der Waals surface area (Å²) in [5, 5.41) is 2.78. The number of carbonyl (C=O) groups excluding carboxylic acids is 1. The number of rotatable bonds is 3. The quantitative estimate of drug-likeness (QED) is 0.441. The van der Waals surface area contributed by atoms with Gasteiger partial charge in [-0.25, -0.2) is 4.79 Å². The highest BCUT2D eigenvalue weighted by atomic mass is 35.5. The van der Waals surface area contributed by atoms with Gasteiger partial charge in [0.05, 0.1) is 18.6 Å². The molecular weight excluding hydrogens is 206 g/mol. The largest absolute Gasteiger partial charge is 0.465 e. The van der Waals surface area contributed by atoms with Gasteiger partial charge >= 0.3 is 5.97 Å². The number of alkyl halides is 1. The molecule has 0 aromatic heterocycles. The maximum absolute atomic E-state index is 11.2. The molecule has 0 spiro atoms. The molecule has 0 aliphatic rings. The molecular formula is C9H8ClNO3. The van der Waals surface area contributed by atoms with Crippen LogP contribution in [-0.2, 0) is 10.6 Å². The van der Waals surface area contributed by atoms with Crippen LogP contribution in [0, 0.1) is 4.91 Å². The average molecular weight is 214 g/mol. The molecule has 14 heavy (non-hydrogen) atoms. The van der Waals surface area contributed by atoms with E-state index in [9.17, 15) is 9.70 Å². The number of carbonyl (C=O) groups is 1. The number of nitrogens with zero attached hydrogens (tertiary/aromatic N) is 1. The normalized spacial score (nSPS) is 9.57. The van der Waals surface area contributed by atoms with Crippen molar-refractivity contribution in [3.63, 3.8) is 0 Å². The lowest BCUT2D eigenvalue weighted by molar-refractivity contribution is 0.0600. The Balaban J connectivity index is 3.28. The summed E-state index contributed by atoms with van der Waals surface area (Å²) in [6.45, 7) is 0. The first-order chi connectivity index (χ1) is 6.74. The number of ether oxygens (including phenoxy) is 1. The van der Waals surface area contributed by atoms with E-state index in [0.29, 0.717) is 5.56 Å². The van der Waals surface area contributed by atoms with Crippen LogP contribution in [0.2, 0.25) is 0 Å². The molecule has 1 rings (SSSR count). The second-order valence-corrected chi connectivity index (χ2v) is 2.79. The summed E-state index contributed by atoms with van der Waals surface area (Å²) in [5.41, 5.74) is 0.846. The average Bonchev–Trinajstić information content (AvgIpc) is 2.26. The summed E-state index contributed by atoms with van der Waals surface area (Å²) in [7, 11) is 1.27. The maximum atomic E-state index is 11.2. The second-order valence-electron chi connectivity index (χ2n) is 2.52. The van der Waals surface area contributed by atoms with Gasteiger partial charge in [0.25, 0.3) is 0 Å². The van der Waals surface area contributed by atoms with E-state index in [2.05, 4.69) is 9.91 Å². The third kappa shape index (κ3) is 1.90. The van der Waals surface area contributed by atoms with Crippen LogP contribution in [0.4, 0.5) is 5.69 Å². The minimum absolute atomic E-state index is 0.0480. The van der Waals surface area contributed by atoms with Crippen LogP contribution < -0.4 is 0 Å². The Morgan fingerprint density at radius 3 is 2.79 bits per heavy atom. The standard InChI is InChI=1S/C9H8ClNO3/c1-14-9(12)6-3-2-4-8(11-13)7(6)5-10/h2-4H,5H2,1H3. The first-order valence-electron chi connectivity index (χ1n) is 3.84. The number of halogens is 1. The van der Waals surface area contributed by atoms with Gasteiger partial charge in [0.1, 0.15) is 5.69 Å². The fourth-order valence-corrected chi connectivity index (χ4v) is 1.38. The molecule has 0 amide bonds. The van der Waals surface area contributed by atoms with Crippen LogP contribution in [0.5, 0.6) is 0 Å². The van der Waals surface area contributed by atoms with Gasteiger partial charge in [-0.05, 0) is 17.3 Å². The van der Waals surface area contributed by atoms with Gasteiger partial charge in [-0.2, -0.15) is 0 Å². The molecule has 5 heteroatoms. The molecule has 0 fully saturated rings. The predicted octanol–water partition coefficient (Wildman–Crippen LogP) is 2.61. The Morgan fingerprint density at radius 2 is 2.29 bits per heavy atom. The number of methoxy groups -OCH3 is 1. The Kier molecular flexibility index (Phi) is 3.59. The number of hydrogen-bond donors (Lipinski definition) is 0. The van der Waals surface area contributed by atoms with E-state index in [-0.39, 0.29) is 17.1 Å². The Morgan fingerprint density at radius 1 is 1.57 bits per heavy atom. The zero-order chi connectivity index (χ0) is 10.6. The molecule has 0 bridgehead atoms. The minimum atomic E-state index is -0.522. The third-order valence-corrected chi connectivity index (χ3v) is 2.06. The van der Waals surface area contributed by atoms with Crippen molar-refractivity contribution >= 4 is 23.3 Å². The van der Waals surface area contributed by atoms with Gasteiger partial charge in [0.15, 0.2) is 0 Å². The molecule has 0 unspecified atom stereocenters. The van der Waals surface area contributed by atoms with Crippen molar-refractivity contribution in [1.29, 1.82) is 0 Å². The summed E-state index contributed by atoms with van der Waals surface area (Å²) < 4.78 is 4.54. The zero-order valence-corrected chi connectivity index (χ0v) is 8.25. The van der Waals surface area contributed by atoms with E-state index in [1.54, 1.807) is 6.07 Å². The molecule has 74 valence electrons. The van der Waals surface area contributed by atoms with E-state index < -0.39 is 5.97 Å². The molecule has 0 radical (unpaired) electrons. The van der Waals surface area contributed by atoms with Gasteiger partial charge in [0, 0.05) is 5.56 Å². The van der Waals surface area contributed by atoms with Crippen LogP contribution in [0.25, 0.3) is 0 Å². The monoisotopic (exact) mass is 213 g/mol. The SMILES string of the molecule is COC(=O)c1cccc(N=O)c1CCl. The molecule has 0 saturated heterocycles. The van der Waals surface area contributed by atoms with Crippen molar-refractivity contribution in [3.8, 4) is 0 Å². The lowest BCUT2D eigenvalue weighted by Gasteiger charge is -2.05. The van der Waals surface area contributed by atoms with Gasteiger partial charge < -0.3 is 4.74 Å². The first-order valence-corrected chi connectivity index (χ1v) is 4.37. The zero-order valence-electron chi connectivity index (χ0n) is 7.49. The van der Waals surface area contributed by atoms with Gasteiger partial charge in [-0.3, -0.25) is 0 Å². The van der Waals surface area contributed by atoms with Crippen LogP contribution in [-0.4, -0.2) is 13.1 Å². The molecule has 4 nitrogen and oxygen atoms in total. The van der Waals surface area contributed by atoms with Gasteiger partial charge in [-0.15, -0.1) is 16.5 Å². The highest BCUT2D eigenvalue weighted by Gasteiger charge is 2.14. The van der Waals surface area contributed by atoms with E-state index in [1.807, 2.05) is 0 Å². The number of benzene rings is 1. The predicted molar refractivity (Wildman–Crippen MR) is 52.8 cm³/mol. The van der Waals surface area contributed by atoms with Gasteiger partial charge in [-0.1, -0.05) is 6.07 Å². The van der Waals surface area contributed by atoms with Crippen LogP contribution in [0.1, 0.15) is 15.9 Å². The lowest BCUT2D eigenvalue weighted by atomic mass is 10.1. The van der Waals surface area contributed by atoms with Crippen LogP contribution >= 0.6 is 11.6 Å². The van der Waals surface area contributed by atoms with Crippen molar-refractivity contribution in [2.45, 2.75) is 5.88 Å². The van der Waals surface area contributed by atoms with Crippen molar-refractivity contribution in [2.24, 2.45) is 5.18 Å². The summed E-state index contributed by atoms with van der Waals surface area (Å²) in [6, 6.07) is 4.59. The number of esters is 1. The Labute approximate surface area is 85.8 Å². The molecule has 1 aromatic rings. The van der Waals surface area contributed by atoms with E-state index >= 15 is 0 Å². The molecule has 0 saturated carbocycles. The van der Waals surface area contributed by atoms with Crippen LogP contribution in [0.15, 0.2) is 23.4 Å². The first kappa shape index (κ1) is 10.7. The van der Waals surface area contributed by atoms with Crippen molar-refractivity contribution in [3.05, 3.63) is 34.2 Å². The van der Waals surface area contributed by atoms with Crippen molar-refractivity contribution < 1.29 is 9.53 Å². The summed E-state index contributed by atoms with van der Waals surface area (Å²) >= 11 is 5.61. The molecule has 0 heterocycles. The molecule has 1 aromatic carbocycles. The van der Waals surface area contributed by atoms with Crippen molar-refractivity contribution in [2.75, 3.05) is 7.11 Å².